The van der Waals surface area contributed by atoms with Gasteiger partial charge in [-0.3, -0.25) is 9.89 Å². The van der Waals surface area contributed by atoms with Gasteiger partial charge in [0.05, 0.1) is 0 Å². The first-order valence-electron chi connectivity index (χ1n) is 5.92. The molecule has 1 amide bonds. The highest BCUT2D eigenvalue weighted by Gasteiger charge is 2.17. The molecule has 92 valence electrons. The number of carbonyl (C=O) groups is 1. The van der Waals surface area contributed by atoms with Crippen molar-refractivity contribution >= 4 is 11.7 Å². The van der Waals surface area contributed by atoms with Crippen molar-refractivity contribution in [2.24, 2.45) is 5.92 Å². The van der Waals surface area contributed by atoms with Crippen LogP contribution < -0.4 is 11.1 Å². The van der Waals surface area contributed by atoms with Crippen molar-refractivity contribution in [3.8, 4) is 0 Å². The average molecular weight is 234 g/mol. The van der Waals surface area contributed by atoms with E-state index in [-0.39, 0.29) is 11.7 Å². The summed E-state index contributed by atoms with van der Waals surface area (Å²) in [7, 11) is 0. The maximum absolute atomic E-state index is 11.9. The minimum atomic E-state index is -0.136. The Morgan fingerprint density at radius 2 is 2.47 bits per heavy atom. The zero-order valence-corrected chi connectivity index (χ0v) is 9.99. The van der Waals surface area contributed by atoms with E-state index in [2.05, 4.69) is 27.7 Å². The fourth-order valence-electron chi connectivity index (χ4n) is 2.10. The molecule has 1 aliphatic carbocycles. The maximum Gasteiger partial charge on any atom is 0.256 e. The zero-order valence-electron chi connectivity index (χ0n) is 9.99. The number of aromatic nitrogens is 2. The van der Waals surface area contributed by atoms with Gasteiger partial charge < -0.3 is 11.1 Å². The van der Waals surface area contributed by atoms with E-state index in [1.807, 2.05) is 0 Å². The first-order chi connectivity index (χ1) is 8.18. The zero-order chi connectivity index (χ0) is 12.3. The van der Waals surface area contributed by atoms with E-state index >= 15 is 0 Å². The van der Waals surface area contributed by atoms with Crippen LogP contribution in [0.5, 0.6) is 0 Å². The van der Waals surface area contributed by atoms with Crippen LogP contribution in [-0.4, -0.2) is 22.6 Å². The molecule has 0 bridgehead atoms. The molecule has 0 radical (unpaired) electrons. The maximum atomic E-state index is 11.9. The van der Waals surface area contributed by atoms with Crippen LogP contribution in [0.25, 0.3) is 0 Å². The highest BCUT2D eigenvalue weighted by Crippen LogP contribution is 2.17. The smallest absolute Gasteiger partial charge is 0.256 e. The molecule has 1 unspecified atom stereocenters. The van der Waals surface area contributed by atoms with Crippen molar-refractivity contribution < 1.29 is 4.79 Å². The van der Waals surface area contributed by atoms with Gasteiger partial charge in [-0.2, -0.15) is 5.10 Å². The highest BCUT2D eigenvalue weighted by molar-refractivity contribution is 5.99. The van der Waals surface area contributed by atoms with Crippen molar-refractivity contribution in [2.75, 3.05) is 12.3 Å². The van der Waals surface area contributed by atoms with Crippen LogP contribution in [0.2, 0.25) is 0 Å². The van der Waals surface area contributed by atoms with Gasteiger partial charge in [0, 0.05) is 12.2 Å². The van der Waals surface area contributed by atoms with Crippen molar-refractivity contribution in [1.82, 2.24) is 15.5 Å². The molecular weight excluding hydrogens is 216 g/mol. The molecule has 1 aliphatic rings. The molecule has 1 aromatic heterocycles. The van der Waals surface area contributed by atoms with Crippen LogP contribution in [0.15, 0.2) is 12.2 Å². The third-order valence-corrected chi connectivity index (χ3v) is 3.13. The van der Waals surface area contributed by atoms with Gasteiger partial charge in [0.2, 0.25) is 0 Å². The van der Waals surface area contributed by atoms with E-state index in [0.717, 1.165) is 19.3 Å². The Balaban J connectivity index is 1.91. The minimum absolute atomic E-state index is 0.136. The van der Waals surface area contributed by atoms with E-state index < -0.39 is 0 Å². The number of aryl methyl sites for hydroxylation is 1. The number of aromatic amines is 1. The number of amides is 1. The fraction of sp³-hybridized carbons (Fsp3) is 0.500. The Bertz CT molecular complexity index is 416. The number of allylic oxidation sites excluding steroid dienone is 2. The summed E-state index contributed by atoms with van der Waals surface area (Å²) in [5.74, 6) is 0.671. The normalized spacial score (nSPS) is 19.2. The molecule has 0 saturated heterocycles. The summed E-state index contributed by atoms with van der Waals surface area (Å²) in [4.78, 5) is 11.9. The molecule has 5 heteroatoms. The van der Waals surface area contributed by atoms with Gasteiger partial charge in [-0.1, -0.05) is 12.2 Å². The Labute approximate surface area is 100 Å². The van der Waals surface area contributed by atoms with Gasteiger partial charge >= 0.3 is 0 Å². The van der Waals surface area contributed by atoms with E-state index in [0.29, 0.717) is 23.7 Å². The Morgan fingerprint density at radius 3 is 3.06 bits per heavy atom. The van der Waals surface area contributed by atoms with Crippen LogP contribution in [0.1, 0.15) is 35.3 Å². The number of rotatable bonds is 3. The number of anilines is 1. The number of nitrogens with two attached hydrogens (primary N) is 1. The molecular formula is C12H18N4O. The van der Waals surface area contributed by atoms with Gasteiger partial charge in [0.25, 0.3) is 5.91 Å². The Kier molecular flexibility index (Phi) is 3.46. The average Bonchev–Trinajstić information content (AvgIpc) is 2.67. The van der Waals surface area contributed by atoms with Crippen molar-refractivity contribution in [2.45, 2.75) is 26.2 Å². The Morgan fingerprint density at radius 1 is 1.65 bits per heavy atom. The molecule has 0 aromatic carbocycles. The lowest BCUT2D eigenvalue weighted by molar-refractivity contribution is 0.0946. The molecule has 1 atom stereocenters. The second kappa shape index (κ2) is 5.03. The third-order valence-electron chi connectivity index (χ3n) is 3.13. The van der Waals surface area contributed by atoms with Crippen LogP contribution in [-0.2, 0) is 0 Å². The molecule has 17 heavy (non-hydrogen) atoms. The van der Waals surface area contributed by atoms with E-state index in [9.17, 15) is 4.79 Å². The number of hydrogen-bond donors (Lipinski definition) is 3. The number of H-pyrrole nitrogens is 1. The second-order valence-electron chi connectivity index (χ2n) is 4.47. The number of hydrogen-bond acceptors (Lipinski definition) is 3. The number of nitrogens with zero attached hydrogens (tertiary/aromatic N) is 1. The van der Waals surface area contributed by atoms with Gasteiger partial charge in [0.1, 0.15) is 5.56 Å². The first-order valence-corrected chi connectivity index (χ1v) is 5.92. The fourth-order valence-corrected chi connectivity index (χ4v) is 2.10. The summed E-state index contributed by atoms with van der Waals surface area (Å²) in [6, 6.07) is 0. The lowest BCUT2D eigenvalue weighted by Crippen LogP contribution is -2.30. The lowest BCUT2D eigenvalue weighted by Gasteiger charge is -2.18. The summed E-state index contributed by atoms with van der Waals surface area (Å²) in [6.45, 7) is 2.49. The van der Waals surface area contributed by atoms with Crippen LogP contribution in [0.3, 0.4) is 0 Å². The second-order valence-corrected chi connectivity index (χ2v) is 4.47. The predicted octanol–water partition coefficient (Wildman–Crippen LogP) is 1.39. The third kappa shape index (κ3) is 2.67. The van der Waals surface area contributed by atoms with E-state index in [1.165, 1.54) is 0 Å². The van der Waals surface area contributed by atoms with E-state index in [4.69, 9.17) is 5.73 Å². The summed E-state index contributed by atoms with van der Waals surface area (Å²) < 4.78 is 0. The van der Waals surface area contributed by atoms with Crippen LogP contribution in [0, 0.1) is 12.8 Å². The quantitative estimate of drug-likeness (QED) is 0.691. The minimum Gasteiger partial charge on any atom is -0.382 e. The molecule has 2 rings (SSSR count). The molecule has 5 nitrogen and oxygen atoms in total. The number of carbonyl (C=O) groups excluding carboxylic acids is 1. The van der Waals surface area contributed by atoms with Gasteiger partial charge in [0.15, 0.2) is 5.82 Å². The van der Waals surface area contributed by atoms with Gasteiger partial charge in [-0.05, 0) is 32.1 Å². The van der Waals surface area contributed by atoms with Crippen LogP contribution in [0.4, 0.5) is 5.82 Å². The largest absolute Gasteiger partial charge is 0.382 e. The number of nitrogen functional groups attached to an aromatic ring is 1. The van der Waals surface area contributed by atoms with Gasteiger partial charge in [-0.15, -0.1) is 0 Å². The SMILES string of the molecule is Cc1[nH]nc(N)c1C(=O)NCC1CC=CCC1. The predicted molar refractivity (Wildman–Crippen MR) is 66.6 cm³/mol. The number of nitrogens with one attached hydrogen (secondary N) is 2. The molecule has 0 fully saturated rings. The lowest BCUT2D eigenvalue weighted by atomic mass is 9.94. The first kappa shape index (κ1) is 11.7. The topological polar surface area (TPSA) is 83.8 Å². The van der Waals surface area contributed by atoms with Crippen molar-refractivity contribution in [1.29, 1.82) is 0 Å². The summed E-state index contributed by atoms with van der Waals surface area (Å²) in [5, 5.41) is 9.45. The summed E-state index contributed by atoms with van der Waals surface area (Å²) in [6.07, 6.45) is 7.65. The summed E-state index contributed by atoms with van der Waals surface area (Å²) >= 11 is 0. The van der Waals surface area contributed by atoms with E-state index in [1.54, 1.807) is 6.92 Å². The van der Waals surface area contributed by atoms with Gasteiger partial charge in [-0.25, -0.2) is 0 Å². The monoisotopic (exact) mass is 234 g/mol. The Hall–Kier alpha value is -1.78. The van der Waals surface area contributed by atoms with Crippen molar-refractivity contribution in [3.63, 3.8) is 0 Å². The molecule has 1 heterocycles. The molecule has 0 spiro atoms. The van der Waals surface area contributed by atoms with Crippen molar-refractivity contribution in [3.05, 3.63) is 23.4 Å². The molecule has 4 N–H and O–H groups in total. The molecule has 0 aliphatic heterocycles. The molecule has 1 aromatic rings. The highest BCUT2D eigenvalue weighted by atomic mass is 16.1. The standard InChI is InChI=1S/C12H18N4O/c1-8-10(11(13)16-15-8)12(17)14-7-9-5-3-2-4-6-9/h2-3,9H,4-7H2,1H3,(H,14,17)(H3,13,15,16). The molecule has 0 saturated carbocycles. The summed E-state index contributed by atoms with van der Waals surface area (Å²) in [5.41, 5.74) is 6.82. The van der Waals surface area contributed by atoms with Crippen LogP contribution >= 0.6 is 0 Å².